The van der Waals surface area contributed by atoms with Crippen molar-refractivity contribution in [1.29, 1.82) is 0 Å². The van der Waals surface area contributed by atoms with Gasteiger partial charge < -0.3 is 14.2 Å². The van der Waals surface area contributed by atoms with Crippen LogP contribution >= 0.6 is 0 Å². The zero-order valence-corrected chi connectivity index (χ0v) is 45.0. The topological polar surface area (TPSA) is 78.9 Å². The third-order valence-corrected chi connectivity index (χ3v) is 12.1. The van der Waals surface area contributed by atoms with Gasteiger partial charge in [-0.15, -0.1) is 0 Å². The highest BCUT2D eigenvalue weighted by Crippen LogP contribution is 2.15. The maximum absolute atomic E-state index is 12.7. The standard InChI is InChI=1S/C63H106O6/c1-4-7-10-13-16-18-19-20-21-22-23-24-25-26-27-28-29-30-31-32-33-34-35-36-37-38-39-40-41-42-43-45-47-50-53-56-62(65)68-59-60(58-67-61(64)55-52-49-46-15-12-9-6-3)69-63(66)57-54-51-48-44-17-14-11-8-5-2/h7,10,16,18,20-21,23-24,26-27,29-30,32-33,35-36,60H,4-6,8-9,11-15,17,19,22,25,28,31,34,37-59H2,1-3H3/b10-7-,18-16-,21-20-,24-23-,27-26-,30-29-,33-32-,36-35-. The number of carbonyl (C=O) groups excluding carboxylic acids is 3. The summed E-state index contributed by atoms with van der Waals surface area (Å²) >= 11 is 0. The van der Waals surface area contributed by atoms with E-state index in [-0.39, 0.29) is 31.1 Å². The van der Waals surface area contributed by atoms with Crippen LogP contribution in [0.1, 0.15) is 265 Å². The van der Waals surface area contributed by atoms with Gasteiger partial charge >= 0.3 is 17.9 Å². The van der Waals surface area contributed by atoms with Gasteiger partial charge in [0.25, 0.3) is 0 Å². The number of hydrogen-bond acceptors (Lipinski definition) is 6. The van der Waals surface area contributed by atoms with Crippen molar-refractivity contribution in [1.82, 2.24) is 0 Å². The van der Waals surface area contributed by atoms with Gasteiger partial charge in [-0.1, -0.05) is 259 Å². The number of rotatable bonds is 51. The average molecular weight is 960 g/mol. The van der Waals surface area contributed by atoms with Crippen molar-refractivity contribution in [2.24, 2.45) is 0 Å². The number of hydrogen-bond donors (Lipinski definition) is 0. The average Bonchev–Trinajstić information content (AvgIpc) is 3.35. The van der Waals surface area contributed by atoms with Gasteiger partial charge in [-0.2, -0.15) is 0 Å². The number of allylic oxidation sites excluding steroid dienone is 16. The summed E-state index contributed by atoms with van der Waals surface area (Å²) in [5.41, 5.74) is 0. The molecule has 0 saturated heterocycles. The molecule has 0 aliphatic heterocycles. The molecule has 0 fully saturated rings. The Kier molecular flexibility index (Phi) is 53.9. The van der Waals surface area contributed by atoms with Crippen molar-refractivity contribution in [2.45, 2.75) is 271 Å². The molecule has 0 aliphatic carbocycles. The summed E-state index contributed by atoms with van der Waals surface area (Å²) in [6.45, 7) is 6.46. The van der Waals surface area contributed by atoms with Crippen LogP contribution < -0.4 is 0 Å². The van der Waals surface area contributed by atoms with Gasteiger partial charge in [0.05, 0.1) is 0 Å². The van der Waals surface area contributed by atoms with Crippen molar-refractivity contribution in [3.63, 3.8) is 0 Å². The molecule has 0 saturated carbocycles. The largest absolute Gasteiger partial charge is 0.462 e. The molecule has 6 nitrogen and oxygen atoms in total. The normalized spacial score (nSPS) is 12.8. The molecule has 0 amide bonds. The Morgan fingerprint density at radius 2 is 0.565 bits per heavy atom. The first-order valence-electron chi connectivity index (χ1n) is 28.7. The van der Waals surface area contributed by atoms with E-state index in [0.717, 1.165) is 109 Å². The van der Waals surface area contributed by atoms with Crippen LogP contribution in [0.2, 0.25) is 0 Å². The summed E-state index contributed by atoms with van der Waals surface area (Å²) < 4.78 is 16.7. The van der Waals surface area contributed by atoms with Crippen LogP contribution in [0, 0.1) is 0 Å². The number of carbonyl (C=O) groups is 3. The van der Waals surface area contributed by atoms with Crippen LogP contribution in [0.4, 0.5) is 0 Å². The predicted molar refractivity (Wildman–Crippen MR) is 297 cm³/mol. The summed E-state index contributed by atoms with van der Waals surface area (Å²) in [6, 6.07) is 0. The van der Waals surface area contributed by atoms with Crippen LogP contribution in [0.15, 0.2) is 97.2 Å². The molecule has 0 heterocycles. The number of ether oxygens (including phenoxy) is 3. The summed E-state index contributed by atoms with van der Waals surface area (Å²) in [5, 5.41) is 0. The zero-order chi connectivity index (χ0) is 50.0. The van der Waals surface area contributed by atoms with Gasteiger partial charge in [0, 0.05) is 19.3 Å². The third-order valence-electron chi connectivity index (χ3n) is 12.1. The SMILES string of the molecule is CC/C=C\C/C=C\C/C=C\C/C=C\C/C=C\C/C=C\C/C=C\C/C=C\CCCCCCCCCCCCC(=O)OCC(COC(=O)CCCCCCCCC)OC(=O)CCCCCCCCCCC. The minimum atomic E-state index is -0.771. The summed E-state index contributed by atoms with van der Waals surface area (Å²) in [5.74, 6) is -0.888. The fourth-order valence-corrected chi connectivity index (χ4v) is 7.81. The van der Waals surface area contributed by atoms with Gasteiger partial charge in [-0.3, -0.25) is 14.4 Å². The van der Waals surface area contributed by atoms with E-state index in [9.17, 15) is 14.4 Å². The predicted octanol–water partition coefficient (Wildman–Crippen LogP) is 19.3. The Morgan fingerprint density at radius 1 is 0.304 bits per heavy atom. The minimum Gasteiger partial charge on any atom is -0.462 e. The second-order valence-electron chi connectivity index (χ2n) is 18.8. The van der Waals surface area contributed by atoms with Gasteiger partial charge in [0.1, 0.15) is 13.2 Å². The van der Waals surface area contributed by atoms with Crippen LogP contribution in [-0.2, 0) is 28.6 Å². The summed E-state index contributed by atoms with van der Waals surface area (Å²) in [7, 11) is 0. The molecule has 0 N–H and O–H groups in total. The Hall–Kier alpha value is -3.67. The third kappa shape index (κ3) is 55.1. The fraction of sp³-hybridized carbons (Fsp3) is 0.698. The highest BCUT2D eigenvalue weighted by atomic mass is 16.6. The Bertz CT molecular complexity index is 1380. The van der Waals surface area contributed by atoms with Crippen molar-refractivity contribution in [2.75, 3.05) is 13.2 Å². The molecule has 0 rings (SSSR count). The van der Waals surface area contributed by atoms with E-state index >= 15 is 0 Å². The lowest BCUT2D eigenvalue weighted by Crippen LogP contribution is -2.30. The van der Waals surface area contributed by atoms with E-state index in [2.05, 4.69) is 118 Å². The Morgan fingerprint density at radius 3 is 0.884 bits per heavy atom. The molecule has 0 aliphatic rings. The van der Waals surface area contributed by atoms with Crippen LogP contribution in [0.25, 0.3) is 0 Å². The van der Waals surface area contributed by atoms with E-state index < -0.39 is 6.10 Å². The fourth-order valence-electron chi connectivity index (χ4n) is 7.81. The maximum Gasteiger partial charge on any atom is 0.306 e. The quantitative estimate of drug-likeness (QED) is 0.0262. The molecule has 394 valence electrons. The first-order valence-corrected chi connectivity index (χ1v) is 28.7. The highest BCUT2D eigenvalue weighted by molar-refractivity contribution is 5.71. The molecule has 69 heavy (non-hydrogen) atoms. The van der Waals surface area contributed by atoms with Gasteiger partial charge in [-0.05, 0) is 83.5 Å². The molecule has 0 spiro atoms. The van der Waals surface area contributed by atoms with Crippen molar-refractivity contribution < 1.29 is 28.6 Å². The molecule has 0 aromatic heterocycles. The van der Waals surface area contributed by atoms with Crippen LogP contribution in [0.5, 0.6) is 0 Å². The minimum absolute atomic E-state index is 0.0751. The first kappa shape index (κ1) is 65.3. The molecule has 1 atom stereocenters. The zero-order valence-electron chi connectivity index (χ0n) is 45.0. The summed E-state index contributed by atoms with van der Waals surface area (Å²) in [6.07, 6.45) is 75.9. The van der Waals surface area contributed by atoms with Crippen LogP contribution in [-0.4, -0.2) is 37.2 Å². The maximum atomic E-state index is 12.7. The highest BCUT2D eigenvalue weighted by Gasteiger charge is 2.19. The summed E-state index contributed by atoms with van der Waals surface area (Å²) in [4.78, 5) is 37.7. The lowest BCUT2D eigenvalue weighted by Gasteiger charge is -2.18. The Balaban J connectivity index is 4.00. The van der Waals surface area contributed by atoms with Gasteiger partial charge in [0.15, 0.2) is 6.10 Å². The van der Waals surface area contributed by atoms with E-state index in [1.807, 2.05) is 0 Å². The van der Waals surface area contributed by atoms with E-state index in [0.29, 0.717) is 19.3 Å². The van der Waals surface area contributed by atoms with E-state index in [1.54, 1.807) is 0 Å². The van der Waals surface area contributed by atoms with Gasteiger partial charge in [0.2, 0.25) is 0 Å². The van der Waals surface area contributed by atoms with Crippen LogP contribution in [0.3, 0.4) is 0 Å². The molecule has 0 aromatic rings. The molecule has 1 unspecified atom stereocenters. The van der Waals surface area contributed by atoms with Crippen molar-refractivity contribution in [3.05, 3.63) is 97.2 Å². The smallest absolute Gasteiger partial charge is 0.306 e. The van der Waals surface area contributed by atoms with Crippen molar-refractivity contribution in [3.8, 4) is 0 Å². The Labute approximate surface area is 426 Å². The second kappa shape index (κ2) is 56.9. The number of esters is 3. The van der Waals surface area contributed by atoms with E-state index in [1.165, 1.54) is 116 Å². The van der Waals surface area contributed by atoms with E-state index in [4.69, 9.17) is 14.2 Å². The number of unbranched alkanes of at least 4 members (excludes halogenated alkanes) is 24. The molecular weight excluding hydrogens is 853 g/mol. The first-order chi connectivity index (χ1) is 34.0. The monoisotopic (exact) mass is 959 g/mol. The molecule has 6 heteroatoms. The van der Waals surface area contributed by atoms with Crippen molar-refractivity contribution >= 4 is 17.9 Å². The lowest BCUT2D eigenvalue weighted by molar-refractivity contribution is -0.167. The molecule has 0 bridgehead atoms. The van der Waals surface area contributed by atoms with Gasteiger partial charge in [-0.25, -0.2) is 0 Å². The molecule has 0 aromatic carbocycles. The molecular formula is C63H106O6. The lowest BCUT2D eigenvalue weighted by atomic mass is 10.1. The molecule has 0 radical (unpaired) electrons. The second-order valence-corrected chi connectivity index (χ2v) is 18.8.